The van der Waals surface area contributed by atoms with Crippen LogP contribution in [0, 0.1) is 0 Å². The van der Waals surface area contributed by atoms with Crippen molar-refractivity contribution in [3.8, 4) is 0 Å². The first kappa shape index (κ1) is 11.2. The maximum Gasteiger partial charge on any atom is 0.216 e. The van der Waals surface area contributed by atoms with Gasteiger partial charge in [0, 0.05) is 19.5 Å². The zero-order chi connectivity index (χ0) is 9.07. The predicted molar refractivity (Wildman–Crippen MR) is 47.4 cm³/mol. The summed E-state index contributed by atoms with van der Waals surface area (Å²) in [4.78, 5) is 0. The molecule has 0 unspecified atom stereocenters. The standard InChI is InChI=1S/C6H14ClNO2S/c1-6(2)11(9,10)8(3)5-4-7/h6H,4-5H2,1-3H3. The van der Waals surface area contributed by atoms with Crippen LogP contribution in [0.25, 0.3) is 0 Å². The van der Waals surface area contributed by atoms with E-state index < -0.39 is 10.0 Å². The second-order valence-corrected chi connectivity index (χ2v) is 5.58. The molecular weight excluding hydrogens is 186 g/mol. The summed E-state index contributed by atoms with van der Waals surface area (Å²) in [5, 5.41) is -0.365. The highest BCUT2D eigenvalue weighted by Crippen LogP contribution is 2.05. The van der Waals surface area contributed by atoms with Gasteiger partial charge in [0.1, 0.15) is 0 Å². The first-order valence-corrected chi connectivity index (χ1v) is 5.47. The molecule has 0 N–H and O–H groups in total. The minimum Gasteiger partial charge on any atom is -0.212 e. The van der Waals surface area contributed by atoms with Crippen LogP contribution in [0.4, 0.5) is 0 Å². The largest absolute Gasteiger partial charge is 0.216 e. The van der Waals surface area contributed by atoms with Crippen LogP contribution in [-0.4, -0.2) is 37.4 Å². The van der Waals surface area contributed by atoms with E-state index in [1.165, 1.54) is 11.4 Å². The van der Waals surface area contributed by atoms with Gasteiger partial charge in [0.15, 0.2) is 0 Å². The summed E-state index contributed by atoms with van der Waals surface area (Å²) < 4.78 is 23.9. The van der Waals surface area contributed by atoms with Gasteiger partial charge in [-0.05, 0) is 13.8 Å². The monoisotopic (exact) mass is 199 g/mol. The minimum absolute atomic E-state index is 0.336. The van der Waals surface area contributed by atoms with E-state index in [2.05, 4.69) is 0 Å². The Labute approximate surface area is 73.4 Å². The third kappa shape index (κ3) is 2.97. The van der Waals surface area contributed by atoms with Crippen LogP contribution in [0.2, 0.25) is 0 Å². The van der Waals surface area contributed by atoms with E-state index in [0.29, 0.717) is 12.4 Å². The SMILES string of the molecule is CC(C)S(=O)(=O)N(C)CCCl. The molecule has 0 saturated heterocycles. The fourth-order valence-electron chi connectivity index (χ4n) is 0.606. The molecule has 0 aromatic heterocycles. The fourth-order valence-corrected chi connectivity index (χ4v) is 2.03. The van der Waals surface area contributed by atoms with E-state index >= 15 is 0 Å². The van der Waals surface area contributed by atoms with E-state index in [1.807, 2.05) is 0 Å². The van der Waals surface area contributed by atoms with E-state index in [9.17, 15) is 8.42 Å². The van der Waals surface area contributed by atoms with Gasteiger partial charge in [0.2, 0.25) is 10.0 Å². The maximum absolute atomic E-state index is 11.3. The maximum atomic E-state index is 11.3. The molecule has 0 rings (SSSR count). The highest BCUT2D eigenvalue weighted by molar-refractivity contribution is 7.89. The Morgan fingerprint density at radius 1 is 1.45 bits per heavy atom. The Balaban J connectivity index is 4.32. The van der Waals surface area contributed by atoms with Crippen molar-refractivity contribution in [3.63, 3.8) is 0 Å². The van der Waals surface area contributed by atoms with Gasteiger partial charge < -0.3 is 0 Å². The molecule has 0 atom stereocenters. The second-order valence-electron chi connectivity index (χ2n) is 2.60. The molecule has 0 aromatic carbocycles. The Morgan fingerprint density at radius 2 is 1.91 bits per heavy atom. The van der Waals surface area contributed by atoms with Crippen LogP contribution < -0.4 is 0 Å². The molecule has 3 nitrogen and oxygen atoms in total. The Bertz CT molecular complexity index is 201. The molecule has 0 aliphatic rings. The molecule has 0 spiro atoms. The molecule has 68 valence electrons. The summed E-state index contributed by atoms with van der Waals surface area (Å²) in [6, 6.07) is 0. The minimum atomic E-state index is -3.09. The average Bonchev–Trinajstić information content (AvgIpc) is 1.88. The zero-order valence-corrected chi connectivity index (χ0v) is 8.61. The number of nitrogens with zero attached hydrogens (tertiary/aromatic N) is 1. The summed E-state index contributed by atoms with van der Waals surface area (Å²) >= 11 is 5.40. The summed E-state index contributed by atoms with van der Waals surface area (Å²) in [6.07, 6.45) is 0. The summed E-state index contributed by atoms with van der Waals surface area (Å²) in [6.45, 7) is 3.68. The van der Waals surface area contributed by atoms with Crippen molar-refractivity contribution in [3.05, 3.63) is 0 Å². The third-order valence-electron chi connectivity index (χ3n) is 1.43. The van der Waals surface area contributed by atoms with Crippen molar-refractivity contribution in [1.82, 2.24) is 4.31 Å². The van der Waals surface area contributed by atoms with Crippen molar-refractivity contribution in [2.75, 3.05) is 19.5 Å². The van der Waals surface area contributed by atoms with Gasteiger partial charge in [0.25, 0.3) is 0 Å². The van der Waals surface area contributed by atoms with Crippen LogP contribution in [0.15, 0.2) is 0 Å². The van der Waals surface area contributed by atoms with Crippen molar-refractivity contribution in [2.24, 2.45) is 0 Å². The van der Waals surface area contributed by atoms with Crippen molar-refractivity contribution in [2.45, 2.75) is 19.1 Å². The molecule has 0 saturated carbocycles. The summed E-state index contributed by atoms with van der Waals surface area (Å²) in [5.41, 5.74) is 0. The molecule has 5 heteroatoms. The van der Waals surface area contributed by atoms with Gasteiger partial charge in [-0.1, -0.05) is 0 Å². The van der Waals surface area contributed by atoms with E-state index in [1.54, 1.807) is 13.8 Å². The van der Waals surface area contributed by atoms with Crippen LogP contribution in [0.1, 0.15) is 13.8 Å². The highest BCUT2D eigenvalue weighted by Gasteiger charge is 2.20. The van der Waals surface area contributed by atoms with Gasteiger partial charge in [-0.2, -0.15) is 0 Å². The first-order chi connectivity index (χ1) is 4.92. The van der Waals surface area contributed by atoms with Crippen LogP contribution in [-0.2, 0) is 10.0 Å². The van der Waals surface area contributed by atoms with Gasteiger partial charge >= 0.3 is 0 Å². The quantitative estimate of drug-likeness (QED) is 0.631. The van der Waals surface area contributed by atoms with Gasteiger partial charge in [-0.15, -0.1) is 11.6 Å². The molecule has 0 fully saturated rings. The number of hydrogen-bond donors (Lipinski definition) is 0. The van der Waals surface area contributed by atoms with Crippen LogP contribution in [0.3, 0.4) is 0 Å². The molecule has 0 aromatic rings. The molecule has 11 heavy (non-hydrogen) atoms. The Morgan fingerprint density at radius 3 is 2.18 bits per heavy atom. The molecule has 0 amide bonds. The van der Waals surface area contributed by atoms with Crippen LogP contribution >= 0.6 is 11.6 Å². The fraction of sp³-hybridized carbons (Fsp3) is 1.00. The molecule has 0 bridgehead atoms. The molecule has 0 aliphatic heterocycles. The lowest BCUT2D eigenvalue weighted by molar-refractivity contribution is 0.480. The van der Waals surface area contributed by atoms with Gasteiger partial charge in [-0.3, -0.25) is 0 Å². The van der Waals surface area contributed by atoms with Crippen molar-refractivity contribution < 1.29 is 8.42 Å². The number of hydrogen-bond acceptors (Lipinski definition) is 2. The third-order valence-corrected chi connectivity index (χ3v) is 3.84. The van der Waals surface area contributed by atoms with Crippen molar-refractivity contribution in [1.29, 1.82) is 0 Å². The lowest BCUT2D eigenvalue weighted by Gasteiger charge is -2.17. The topological polar surface area (TPSA) is 37.4 Å². The Hall–Kier alpha value is 0.200. The lowest BCUT2D eigenvalue weighted by atomic mass is 10.6. The van der Waals surface area contributed by atoms with Gasteiger partial charge in [0.05, 0.1) is 5.25 Å². The number of alkyl halides is 1. The zero-order valence-electron chi connectivity index (χ0n) is 7.04. The summed E-state index contributed by atoms with van der Waals surface area (Å²) in [7, 11) is -1.55. The van der Waals surface area contributed by atoms with E-state index in [4.69, 9.17) is 11.6 Å². The highest BCUT2D eigenvalue weighted by atomic mass is 35.5. The smallest absolute Gasteiger partial charge is 0.212 e. The predicted octanol–water partition coefficient (Wildman–Crippen LogP) is 0.895. The normalized spacial score (nSPS) is 12.9. The van der Waals surface area contributed by atoms with Crippen molar-refractivity contribution >= 4 is 21.6 Å². The molecule has 0 radical (unpaired) electrons. The second kappa shape index (κ2) is 4.28. The Kier molecular flexibility index (Phi) is 4.36. The van der Waals surface area contributed by atoms with E-state index in [0.717, 1.165) is 0 Å². The van der Waals surface area contributed by atoms with E-state index in [-0.39, 0.29) is 5.25 Å². The summed E-state index contributed by atoms with van der Waals surface area (Å²) in [5.74, 6) is 0.336. The number of halogens is 1. The molecular formula is C6H14ClNO2S. The lowest BCUT2D eigenvalue weighted by Crippen LogP contribution is -2.34. The molecule has 0 aliphatic carbocycles. The molecule has 0 heterocycles. The average molecular weight is 200 g/mol. The van der Waals surface area contributed by atoms with Gasteiger partial charge in [-0.25, -0.2) is 12.7 Å². The number of rotatable bonds is 4. The van der Waals surface area contributed by atoms with Crippen LogP contribution in [0.5, 0.6) is 0 Å². The number of sulfonamides is 1. The first-order valence-electron chi connectivity index (χ1n) is 3.44.